The molecular formula is C45H30N2O. The summed E-state index contributed by atoms with van der Waals surface area (Å²) in [4.78, 5) is 7.07. The van der Waals surface area contributed by atoms with Crippen molar-refractivity contribution in [2.24, 2.45) is 0 Å². The van der Waals surface area contributed by atoms with Gasteiger partial charge in [-0.1, -0.05) is 133 Å². The van der Waals surface area contributed by atoms with Crippen LogP contribution in [-0.4, -0.2) is 4.98 Å². The molecule has 9 aromatic rings. The fourth-order valence-electron chi connectivity index (χ4n) is 6.91. The Labute approximate surface area is 279 Å². The van der Waals surface area contributed by atoms with E-state index in [-0.39, 0.29) is 0 Å². The van der Waals surface area contributed by atoms with Crippen molar-refractivity contribution >= 4 is 49.8 Å². The molecule has 0 atom stereocenters. The standard InChI is InChI=1S/C45H30N2O/c1-3-13-31(14-4-1)41-28-25-34(30-46-41)45-39-20-10-8-18-37(39)44(38-19-9-11-21-40(38)45)32-23-26-36(27-24-32)47(35-16-5-2-6-17-35)43-29-33-15-7-12-22-42(33)48-43/h1-30H. The van der Waals surface area contributed by atoms with E-state index in [1.807, 2.05) is 36.5 Å². The number of furan rings is 1. The second-order valence-corrected chi connectivity index (χ2v) is 12.0. The summed E-state index contributed by atoms with van der Waals surface area (Å²) in [6, 6.07) is 61.6. The number of benzene rings is 7. The van der Waals surface area contributed by atoms with Crippen LogP contribution < -0.4 is 4.90 Å². The van der Waals surface area contributed by atoms with Gasteiger partial charge in [-0.25, -0.2) is 0 Å². The van der Waals surface area contributed by atoms with Gasteiger partial charge in [0.2, 0.25) is 5.88 Å². The summed E-state index contributed by atoms with van der Waals surface area (Å²) in [6.07, 6.45) is 2.02. The van der Waals surface area contributed by atoms with Crippen molar-refractivity contribution in [3.8, 4) is 33.5 Å². The van der Waals surface area contributed by atoms with Gasteiger partial charge in [0.05, 0.1) is 5.69 Å². The third-order valence-electron chi connectivity index (χ3n) is 9.11. The molecule has 0 unspecified atom stereocenters. The number of hydrogen-bond donors (Lipinski definition) is 0. The SMILES string of the molecule is c1ccc(-c2ccc(-c3c4ccccc4c(-c4ccc(N(c5ccccc5)c5cc6ccccc6o5)cc4)c4ccccc34)cn2)cc1. The van der Waals surface area contributed by atoms with Crippen molar-refractivity contribution in [3.63, 3.8) is 0 Å². The zero-order valence-electron chi connectivity index (χ0n) is 26.1. The summed E-state index contributed by atoms with van der Waals surface area (Å²) in [6.45, 7) is 0. The molecule has 9 rings (SSSR count). The summed E-state index contributed by atoms with van der Waals surface area (Å²) in [7, 11) is 0. The largest absolute Gasteiger partial charge is 0.440 e. The topological polar surface area (TPSA) is 29.3 Å². The molecule has 0 radical (unpaired) electrons. The lowest BCUT2D eigenvalue weighted by Crippen LogP contribution is -2.08. The zero-order valence-corrected chi connectivity index (χ0v) is 26.1. The van der Waals surface area contributed by atoms with Crippen LogP contribution in [0.1, 0.15) is 0 Å². The third kappa shape index (κ3) is 4.81. The van der Waals surface area contributed by atoms with Gasteiger partial charge in [0.1, 0.15) is 5.58 Å². The highest BCUT2D eigenvalue weighted by Gasteiger charge is 2.19. The zero-order chi connectivity index (χ0) is 31.9. The van der Waals surface area contributed by atoms with Crippen molar-refractivity contribution in [2.45, 2.75) is 0 Å². The Balaban J connectivity index is 1.19. The lowest BCUT2D eigenvalue weighted by Gasteiger charge is -2.23. The predicted octanol–water partition coefficient (Wildman–Crippen LogP) is 12.6. The average Bonchev–Trinajstić information content (AvgIpc) is 3.59. The highest BCUT2D eigenvalue weighted by Crippen LogP contribution is 2.45. The Kier molecular flexibility index (Phi) is 6.80. The first-order valence-corrected chi connectivity index (χ1v) is 16.2. The van der Waals surface area contributed by atoms with Crippen LogP contribution in [0.5, 0.6) is 0 Å². The summed E-state index contributed by atoms with van der Waals surface area (Å²) >= 11 is 0. The maximum absolute atomic E-state index is 6.38. The Morgan fingerprint density at radius 2 is 0.938 bits per heavy atom. The molecule has 226 valence electrons. The number of fused-ring (bicyclic) bond motifs is 3. The molecule has 0 bridgehead atoms. The fourth-order valence-corrected chi connectivity index (χ4v) is 6.91. The fraction of sp³-hybridized carbons (Fsp3) is 0. The summed E-state index contributed by atoms with van der Waals surface area (Å²) in [5, 5.41) is 5.91. The molecule has 0 spiro atoms. The summed E-state index contributed by atoms with van der Waals surface area (Å²) in [5.41, 5.74) is 9.71. The van der Waals surface area contributed by atoms with Gasteiger partial charge in [0, 0.05) is 40.2 Å². The average molecular weight is 615 g/mol. The molecular weight excluding hydrogens is 585 g/mol. The molecule has 3 nitrogen and oxygen atoms in total. The maximum atomic E-state index is 6.38. The molecule has 2 aromatic heterocycles. The first-order valence-electron chi connectivity index (χ1n) is 16.2. The molecule has 0 aliphatic rings. The van der Waals surface area contributed by atoms with Gasteiger partial charge in [-0.15, -0.1) is 0 Å². The highest BCUT2D eigenvalue weighted by molar-refractivity contribution is 6.21. The van der Waals surface area contributed by atoms with Crippen molar-refractivity contribution in [1.29, 1.82) is 0 Å². The van der Waals surface area contributed by atoms with Crippen LogP contribution in [0.15, 0.2) is 187 Å². The number of para-hydroxylation sites is 2. The van der Waals surface area contributed by atoms with Crippen LogP contribution in [0.3, 0.4) is 0 Å². The van der Waals surface area contributed by atoms with Crippen molar-refractivity contribution in [1.82, 2.24) is 4.98 Å². The van der Waals surface area contributed by atoms with E-state index >= 15 is 0 Å². The third-order valence-corrected chi connectivity index (χ3v) is 9.11. The van der Waals surface area contributed by atoms with Crippen LogP contribution in [0.4, 0.5) is 17.3 Å². The molecule has 7 aromatic carbocycles. The van der Waals surface area contributed by atoms with E-state index in [1.54, 1.807) is 0 Å². The molecule has 0 amide bonds. The van der Waals surface area contributed by atoms with E-state index in [1.165, 1.54) is 32.7 Å². The Morgan fingerprint density at radius 3 is 1.54 bits per heavy atom. The first-order chi connectivity index (χ1) is 23.8. The van der Waals surface area contributed by atoms with Gasteiger partial charge >= 0.3 is 0 Å². The van der Waals surface area contributed by atoms with Gasteiger partial charge in [0.15, 0.2) is 0 Å². The minimum Gasteiger partial charge on any atom is -0.440 e. The molecule has 0 saturated heterocycles. The lowest BCUT2D eigenvalue weighted by atomic mass is 9.86. The number of pyridine rings is 1. The number of aromatic nitrogens is 1. The number of rotatable bonds is 6. The summed E-state index contributed by atoms with van der Waals surface area (Å²) in [5.74, 6) is 0.780. The number of anilines is 3. The monoisotopic (exact) mass is 614 g/mol. The second kappa shape index (κ2) is 11.7. The van der Waals surface area contributed by atoms with Crippen molar-refractivity contribution in [3.05, 3.63) is 182 Å². The Hall–Kier alpha value is -6.45. The van der Waals surface area contributed by atoms with Gasteiger partial charge in [-0.2, -0.15) is 0 Å². The van der Waals surface area contributed by atoms with Crippen LogP contribution in [0, 0.1) is 0 Å². The van der Waals surface area contributed by atoms with E-state index in [0.29, 0.717) is 0 Å². The molecule has 0 N–H and O–H groups in total. The smallest absolute Gasteiger partial charge is 0.205 e. The number of nitrogens with zero attached hydrogens (tertiary/aromatic N) is 2. The molecule has 3 heteroatoms. The molecule has 0 saturated carbocycles. The van der Waals surface area contributed by atoms with Gasteiger partial charge in [-0.05, 0) is 74.6 Å². The first kappa shape index (κ1) is 27.8. The van der Waals surface area contributed by atoms with Crippen LogP contribution in [0.2, 0.25) is 0 Å². The molecule has 0 aliphatic carbocycles. The van der Waals surface area contributed by atoms with Crippen LogP contribution in [-0.2, 0) is 0 Å². The van der Waals surface area contributed by atoms with E-state index in [4.69, 9.17) is 9.40 Å². The highest BCUT2D eigenvalue weighted by atomic mass is 16.4. The van der Waals surface area contributed by atoms with Crippen molar-refractivity contribution < 1.29 is 4.42 Å². The summed E-state index contributed by atoms with van der Waals surface area (Å²) < 4.78 is 6.38. The van der Waals surface area contributed by atoms with E-state index in [0.717, 1.165) is 50.6 Å². The van der Waals surface area contributed by atoms with E-state index < -0.39 is 0 Å². The van der Waals surface area contributed by atoms with E-state index in [2.05, 4.69) is 150 Å². The normalized spacial score (nSPS) is 11.3. The molecule has 0 fully saturated rings. The van der Waals surface area contributed by atoms with Gasteiger partial charge in [-0.3, -0.25) is 9.88 Å². The van der Waals surface area contributed by atoms with Crippen molar-refractivity contribution in [2.75, 3.05) is 4.90 Å². The predicted molar refractivity (Wildman–Crippen MR) is 200 cm³/mol. The van der Waals surface area contributed by atoms with E-state index in [9.17, 15) is 0 Å². The van der Waals surface area contributed by atoms with Crippen LogP contribution >= 0.6 is 0 Å². The second-order valence-electron chi connectivity index (χ2n) is 12.0. The quantitative estimate of drug-likeness (QED) is 0.175. The Morgan fingerprint density at radius 1 is 0.417 bits per heavy atom. The molecule has 2 heterocycles. The molecule has 0 aliphatic heterocycles. The van der Waals surface area contributed by atoms with Gasteiger partial charge in [0.25, 0.3) is 0 Å². The Bertz CT molecular complexity index is 2450. The molecule has 48 heavy (non-hydrogen) atoms. The maximum Gasteiger partial charge on any atom is 0.205 e. The van der Waals surface area contributed by atoms with Gasteiger partial charge < -0.3 is 4.42 Å². The number of hydrogen-bond acceptors (Lipinski definition) is 3. The van der Waals surface area contributed by atoms with Crippen LogP contribution in [0.25, 0.3) is 66.0 Å². The minimum absolute atomic E-state index is 0.780. The lowest BCUT2D eigenvalue weighted by molar-refractivity contribution is 0.621. The minimum atomic E-state index is 0.780.